The largest absolute Gasteiger partial charge is 0.480 e. The highest BCUT2D eigenvalue weighted by atomic mass is 16.4. The highest BCUT2D eigenvalue weighted by molar-refractivity contribution is 5.89. The predicted molar refractivity (Wildman–Crippen MR) is 68.3 cm³/mol. The molecule has 0 aliphatic heterocycles. The van der Waals surface area contributed by atoms with Crippen molar-refractivity contribution in [2.45, 2.75) is 45.2 Å². The summed E-state index contributed by atoms with van der Waals surface area (Å²) in [7, 11) is 0. The number of aliphatic carboxylic acids is 1. The number of nitrogens with one attached hydrogen (secondary N) is 1. The quantitative estimate of drug-likeness (QED) is 0.611. The van der Waals surface area contributed by atoms with Crippen molar-refractivity contribution >= 4 is 17.9 Å². The smallest absolute Gasteiger partial charge is 0.323 e. The fraction of sp³-hybridized carbons (Fsp3) is 0.750. The molecule has 7 nitrogen and oxygen atoms in total. The molecule has 7 heteroatoms. The molecule has 0 radical (unpaired) electrons. The normalized spacial score (nSPS) is 15.9. The van der Waals surface area contributed by atoms with E-state index < -0.39 is 18.0 Å². The second kappa shape index (κ2) is 6.40. The van der Waals surface area contributed by atoms with E-state index in [1.807, 2.05) is 13.8 Å². The number of hydrogen-bond acceptors (Lipinski definition) is 3. The van der Waals surface area contributed by atoms with Crippen molar-refractivity contribution in [1.82, 2.24) is 10.2 Å². The molecule has 0 heterocycles. The van der Waals surface area contributed by atoms with E-state index >= 15 is 0 Å². The van der Waals surface area contributed by atoms with E-state index in [0.717, 1.165) is 12.8 Å². The van der Waals surface area contributed by atoms with E-state index in [1.54, 1.807) is 0 Å². The van der Waals surface area contributed by atoms with Gasteiger partial charge < -0.3 is 21.1 Å². The van der Waals surface area contributed by atoms with Crippen LogP contribution in [0.2, 0.25) is 0 Å². The number of primary amides is 1. The van der Waals surface area contributed by atoms with Gasteiger partial charge in [-0.05, 0) is 25.2 Å². The lowest BCUT2D eigenvalue weighted by Crippen LogP contribution is -2.52. The Morgan fingerprint density at radius 1 is 1.37 bits per heavy atom. The van der Waals surface area contributed by atoms with Crippen LogP contribution in [0.3, 0.4) is 0 Å². The lowest BCUT2D eigenvalue weighted by Gasteiger charge is -2.27. The molecule has 0 aromatic rings. The first-order valence-corrected chi connectivity index (χ1v) is 6.39. The number of carbonyl (C=O) groups is 3. The van der Waals surface area contributed by atoms with Crippen LogP contribution in [0.25, 0.3) is 0 Å². The van der Waals surface area contributed by atoms with E-state index in [1.165, 1.54) is 4.90 Å². The highest BCUT2D eigenvalue weighted by Gasteiger charge is 2.37. The van der Waals surface area contributed by atoms with Crippen LogP contribution < -0.4 is 11.1 Å². The van der Waals surface area contributed by atoms with Crippen molar-refractivity contribution in [2.24, 2.45) is 11.7 Å². The Morgan fingerprint density at radius 3 is 2.32 bits per heavy atom. The first-order chi connectivity index (χ1) is 8.81. The molecule has 3 amide bonds. The third kappa shape index (κ3) is 5.15. The number of carboxylic acids is 1. The van der Waals surface area contributed by atoms with E-state index in [9.17, 15) is 14.4 Å². The molecule has 1 atom stereocenters. The molecule has 1 saturated carbocycles. The van der Waals surface area contributed by atoms with Gasteiger partial charge in [0.05, 0.1) is 0 Å². The summed E-state index contributed by atoms with van der Waals surface area (Å²) in [5, 5.41) is 11.3. The minimum Gasteiger partial charge on any atom is -0.480 e. The first kappa shape index (κ1) is 15.3. The zero-order valence-electron chi connectivity index (χ0n) is 11.3. The Hall–Kier alpha value is -1.79. The number of amides is 3. The number of hydrogen-bond donors (Lipinski definition) is 3. The number of nitrogens with zero attached hydrogens (tertiary/aromatic N) is 1. The van der Waals surface area contributed by atoms with Crippen LogP contribution in [0.1, 0.15) is 33.1 Å². The second-order valence-electron chi connectivity index (χ2n) is 5.28. The second-order valence-corrected chi connectivity index (χ2v) is 5.28. The molecule has 1 aliphatic rings. The van der Waals surface area contributed by atoms with Crippen LogP contribution in [-0.2, 0) is 9.59 Å². The summed E-state index contributed by atoms with van der Waals surface area (Å²) in [5.74, 6) is -1.23. The van der Waals surface area contributed by atoms with Gasteiger partial charge in [0, 0.05) is 6.04 Å². The zero-order chi connectivity index (χ0) is 14.6. The summed E-state index contributed by atoms with van der Waals surface area (Å²) in [5.41, 5.74) is 5.06. The van der Waals surface area contributed by atoms with Crippen molar-refractivity contribution in [3.63, 3.8) is 0 Å². The van der Waals surface area contributed by atoms with E-state index in [-0.39, 0.29) is 24.4 Å². The Bertz CT molecular complexity index is 366. The molecule has 0 bridgehead atoms. The molecule has 1 unspecified atom stereocenters. The average Bonchev–Trinajstić information content (AvgIpc) is 3.06. The molecule has 108 valence electrons. The molecule has 0 saturated heterocycles. The molecule has 0 spiro atoms. The van der Waals surface area contributed by atoms with Gasteiger partial charge in [0.25, 0.3) is 0 Å². The average molecular weight is 271 g/mol. The molecule has 1 aliphatic carbocycles. The standard InChI is InChI=1S/C12H21N3O4/c1-7(2)5-9(14-12(13)19)11(18)15(6-10(16)17)8-3-4-8/h7-9H,3-6H2,1-2H3,(H,16,17)(H3,13,14,19). The third-order valence-corrected chi connectivity index (χ3v) is 2.90. The van der Waals surface area contributed by atoms with Crippen molar-refractivity contribution in [3.05, 3.63) is 0 Å². The molecule has 1 fully saturated rings. The predicted octanol–water partition coefficient (Wildman–Crippen LogP) is 0.145. The number of carboxylic acid groups (broad SMARTS) is 1. The van der Waals surface area contributed by atoms with Gasteiger partial charge >= 0.3 is 12.0 Å². The SMILES string of the molecule is CC(C)CC(NC(N)=O)C(=O)N(CC(=O)O)C1CC1. The van der Waals surface area contributed by atoms with Crippen LogP contribution in [0.5, 0.6) is 0 Å². The van der Waals surface area contributed by atoms with Gasteiger partial charge in [-0.2, -0.15) is 0 Å². The molecular formula is C12H21N3O4. The topological polar surface area (TPSA) is 113 Å². The van der Waals surface area contributed by atoms with Gasteiger partial charge in [0.1, 0.15) is 12.6 Å². The molecule has 1 rings (SSSR count). The maximum atomic E-state index is 12.3. The summed E-state index contributed by atoms with van der Waals surface area (Å²) in [4.78, 5) is 35.4. The Kier molecular flexibility index (Phi) is 5.14. The first-order valence-electron chi connectivity index (χ1n) is 6.39. The van der Waals surface area contributed by atoms with Crippen molar-refractivity contribution < 1.29 is 19.5 Å². The molecule has 0 aromatic heterocycles. The van der Waals surface area contributed by atoms with Crippen LogP contribution >= 0.6 is 0 Å². The monoisotopic (exact) mass is 271 g/mol. The molecular weight excluding hydrogens is 250 g/mol. The van der Waals surface area contributed by atoms with E-state index in [0.29, 0.717) is 6.42 Å². The summed E-state index contributed by atoms with van der Waals surface area (Å²) in [6, 6.07) is -1.55. The third-order valence-electron chi connectivity index (χ3n) is 2.90. The lowest BCUT2D eigenvalue weighted by molar-refractivity contribution is -0.145. The number of carbonyl (C=O) groups excluding carboxylic acids is 2. The van der Waals surface area contributed by atoms with Crippen LogP contribution in [0.15, 0.2) is 0 Å². The minimum atomic E-state index is -1.05. The zero-order valence-corrected chi connectivity index (χ0v) is 11.3. The minimum absolute atomic E-state index is 0.0204. The number of nitrogens with two attached hydrogens (primary N) is 1. The Balaban J connectivity index is 2.75. The van der Waals surface area contributed by atoms with Crippen molar-refractivity contribution in [3.8, 4) is 0 Å². The maximum absolute atomic E-state index is 12.3. The van der Waals surface area contributed by atoms with Crippen LogP contribution in [0, 0.1) is 5.92 Å². The highest BCUT2D eigenvalue weighted by Crippen LogP contribution is 2.27. The fourth-order valence-electron chi connectivity index (χ4n) is 1.98. The van der Waals surface area contributed by atoms with Crippen LogP contribution in [-0.4, -0.2) is 46.5 Å². The van der Waals surface area contributed by atoms with Gasteiger partial charge in [-0.1, -0.05) is 13.8 Å². The Labute approximate surface area is 112 Å². The van der Waals surface area contributed by atoms with Crippen molar-refractivity contribution in [1.29, 1.82) is 0 Å². The molecule has 19 heavy (non-hydrogen) atoms. The fourth-order valence-corrected chi connectivity index (χ4v) is 1.98. The number of rotatable bonds is 7. The van der Waals surface area contributed by atoms with Gasteiger partial charge in [0.15, 0.2) is 0 Å². The maximum Gasteiger partial charge on any atom is 0.323 e. The molecule has 4 N–H and O–H groups in total. The van der Waals surface area contributed by atoms with Gasteiger partial charge in [-0.15, -0.1) is 0 Å². The van der Waals surface area contributed by atoms with Crippen LogP contribution in [0.4, 0.5) is 4.79 Å². The summed E-state index contributed by atoms with van der Waals surface area (Å²) in [6.45, 7) is 3.50. The van der Waals surface area contributed by atoms with Gasteiger partial charge in [-0.25, -0.2) is 4.79 Å². The van der Waals surface area contributed by atoms with E-state index in [2.05, 4.69) is 5.32 Å². The van der Waals surface area contributed by atoms with Gasteiger partial charge in [0.2, 0.25) is 5.91 Å². The summed E-state index contributed by atoms with van der Waals surface area (Å²) < 4.78 is 0. The summed E-state index contributed by atoms with van der Waals surface area (Å²) >= 11 is 0. The van der Waals surface area contributed by atoms with Crippen molar-refractivity contribution in [2.75, 3.05) is 6.54 Å². The summed E-state index contributed by atoms with van der Waals surface area (Å²) in [6.07, 6.45) is 2.05. The lowest BCUT2D eigenvalue weighted by atomic mass is 10.0. The van der Waals surface area contributed by atoms with Gasteiger partial charge in [-0.3, -0.25) is 9.59 Å². The molecule has 0 aromatic carbocycles. The van der Waals surface area contributed by atoms with E-state index in [4.69, 9.17) is 10.8 Å². The number of urea groups is 1. The Morgan fingerprint density at radius 2 is 1.95 bits per heavy atom.